The van der Waals surface area contributed by atoms with Gasteiger partial charge < -0.3 is 20.4 Å². The molecule has 0 aromatic heterocycles. The molecule has 2 fully saturated rings. The highest BCUT2D eigenvalue weighted by Crippen LogP contribution is 2.29. The Bertz CT molecular complexity index is 486. The number of piperidine rings is 1. The van der Waals surface area contributed by atoms with E-state index < -0.39 is 0 Å². The topological polar surface area (TPSA) is 64.7 Å². The average Bonchev–Trinajstić information content (AvgIpc) is 2.76. The van der Waals surface area contributed by atoms with E-state index >= 15 is 0 Å². The Morgan fingerprint density at radius 1 is 1.24 bits per heavy atom. The van der Waals surface area contributed by atoms with E-state index in [1.165, 1.54) is 0 Å². The largest absolute Gasteiger partial charge is 0.353 e. The fourth-order valence-corrected chi connectivity index (χ4v) is 4.49. The summed E-state index contributed by atoms with van der Waals surface area (Å²) in [5.41, 5.74) is 0.00676. The molecule has 0 bridgehead atoms. The van der Waals surface area contributed by atoms with E-state index in [1.54, 1.807) is 0 Å². The lowest BCUT2D eigenvalue weighted by Crippen LogP contribution is -2.62. The van der Waals surface area contributed by atoms with Crippen molar-refractivity contribution in [2.75, 3.05) is 33.7 Å². The first-order valence-corrected chi connectivity index (χ1v) is 9.50. The number of nitrogens with one attached hydrogen (secondary N) is 2. The maximum Gasteiger partial charge on any atom is 0.225 e. The van der Waals surface area contributed by atoms with Crippen LogP contribution >= 0.6 is 0 Å². The second-order valence-electron chi connectivity index (χ2n) is 9.40. The Hall–Kier alpha value is -1.14. The Morgan fingerprint density at radius 3 is 2.40 bits per heavy atom. The fraction of sp³-hybridized carbons (Fsp3) is 0.895. The quantitative estimate of drug-likeness (QED) is 0.754. The Labute approximate surface area is 152 Å². The molecule has 2 rings (SSSR count). The summed E-state index contributed by atoms with van der Waals surface area (Å²) in [6, 6.07) is 0.164. The number of hydrogen-bond donors (Lipinski definition) is 2. The third kappa shape index (κ3) is 5.96. The first kappa shape index (κ1) is 20.2. The lowest BCUT2D eigenvalue weighted by atomic mass is 9.79. The normalized spacial score (nSPS) is 26.3. The molecule has 144 valence electrons. The van der Waals surface area contributed by atoms with Gasteiger partial charge in [-0.1, -0.05) is 0 Å². The lowest BCUT2D eigenvalue weighted by Gasteiger charge is -2.46. The van der Waals surface area contributed by atoms with Crippen LogP contribution in [-0.2, 0) is 9.59 Å². The van der Waals surface area contributed by atoms with Gasteiger partial charge in [-0.25, -0.2) is 0 Å². The lowest BCUT2D eigenvalue weighted by molar-refractivity contribution is -0.129. The predicted molar refractivity (Wildman–Crippen MR) is 100 cm³/mol. The summed E-state index contributed by atoms with van der Waals surface area (Å²) in [6.45, 7) is 11.0. The van der Waals surface area contributed by atoms with Gasteiger partial charge in [-0.05, 0) is 67.6 Å². The minimum absolute atomic E-state index is 0.00338. The summed E-state index contributed by atoms with van der Waals surface area (Å²) in [5.74, 6) is -0.0418. The van der Waals surface area contributed by atoms with Crippen molar-refractivity contribution in [3.8, 4) is 0 Å². The highest BCUT2D eigenvalue weighted by molar-refractivity contribution is 5.89. The highest BCUT2D eigenvalue weighted by atomic mass is 16.2. The number of likely N-dealkylation sites (tertiary alicyclic amines) is 1. The minimum atomic E-state index is -0.201. The van der Waals surface area contributed by atoms with Crippen molar-refractivity contribution < 1.29 is 9.59 Å². The van der Waals surface area contributed by atoms with Crippen LogP contribution in [0.1, 0.15) is 53.4 Å². The molecule has 0 radical (unpaired) electrons. The molecular weight excluding hydrogens is 316 g/mol. The van der Waals surface area contributed by atoms with E-state index in [0.29, 0.717) is 13.0 Å². The maximum atomic E-state index is 12.7. The zero-order chi connectivity index (χ0) is 18.8. The van der Waals surface area contributed by atoms with Crippen LogP contribution in [0.25, 0.3) is 0 Å². The van der Waals surface area contributed by atoms with Crippen LogP contribution in [0.5, 0.6) is 0 Å². The van der Waals surface area contributed by atoms with Gasteiger partial charge in [0.05, 0.1) is 5.92 Å². The number of carbonyl (C=O) groups is 2. The molecule has 2 aliphatic heterocycles. The molecule has 0 aromatic rings. The smallest absolute Gasteiger partial charge is 0.225 e. The third-order valence-electron chi connectivity index (χ3n) is 5.16. The van der Waals surface area contributed by atoms with Gasteiger partial charge in [0.2, 0.25) is 11.8 Å². The molecule has 0 spiro atoms. The minimum Gasteiger partial charge on any atom is -0.353 e. The van der Waals surface area contributed by atoms with E-state index in [0.717, 1.165) is 32.4 Å². The Morgan fingerprint density at radius 2 is 1.84 bits per heavy atom. The van der Waals surface area contributed by atoms with Gasteiger partial charge in [0.25, 0.3) is 0 Å². The summed E-state index contributed by atoms with van der Waals surface area (Å²) in [6.07, 6.45) is 3.13. The number of carbonyl (C=O) groups excluding carboxylic acids is 2. The molecule has 2 N–H and O–H groups in total. The average molecular weight is 353 g/mol. The third-order valence-corrected chi connectivity index (χ3v) is 5.16. The summed E-state index contributed by atoms with van der Waals surface area (Å²) in [5, 5.41) is 6.85. The van der Waals surface area contributed by atoms with Crippen LogP contribution < -0.4 is 10.6 Å². The van der Waals surface area contributed by atoms with Crippen molar-refractivity contribution in [2.24, 2.45) is 5.92 Å². The predicted octanol–water partition coefficient (Wildman–Crippen LogP) is 1.21. The first-order chi connectivity index (χ1) is 11.5. The highest BCUT2D eigenvalue weighted by Gasteiger charge is 2.40. The van der Waals surface area contributed by atoms with E-state index in [1.807, 2.05) is 19.0 Å². The molecule has 2 saturated heterocycles. The maximum absolute atomic E-state index is 12.7. The molecule has 6 heteroatoms. The number of rotatable bonds is 6. The van der Waals surface area contributed by atoms with E-state index in [-0.39, 0.29) is 34.9 Å². The molecular formula is C19H36N4O2. The molecule has 2 aliphatic rings. The van der Waals surface area contributed by atoms with Crippen molar-refractivity contribution in [1.82, 2.24) is 20.4 Å². The van der Waals surface area contributed by atoms with Crippen LogP contribution in [0, 0.1) is 5.92 Å². The van der Waals surface area contributed by atoms with Gasteiger partial charge in [0.1, 0.15) is 0 Å². The van der Waals surface area contributed by atoms with Gasteiger partial charge in [0, 0.05) is 36.6 Å². The SMILES string of the molecule is CN(C)CCCN1CC(C(=O)NC2CC(C)(C)NC(C)(C)C2)CC1=O. The number of amides is 2. The first-order valence-electron chi connectivity index (χ1n) is 9.50. The van der Waals surface area contributed by atoms with Gasteiger partial charge in [-0.3, -0.25) is 9.59 Å². The van der Waals surface area contributed by atoms with Crippen molar-refractivity contribution in [3.05, 3.63) is 0 Å². The monoisotopic (exact) mass is 352 g/mol. The van der Waals surface area contributed by atoms with Gasteiger partial charge in [-0.2, -0.15) is 0 Å². The molecule has 25 heavy (non-hydrogen) atoms. The van der Waals surface area contributed by atoms with Crippen molar-refractivity contribution >= 4 is 11.8 Å². The molecule has 0 aromatic carbocycles. The van der Waals surface area contributed by atoms with Crippen molar-refractivity contribution in [1.29, 1.82) is 0 Å². The van der Waals surface area contributed by atoms with Gasteiger partial charge in [0.15, 0.2) is 0 Å². The van der Waals surface area contributed by atoms with Crippen LogP contribution in [0.2, 0.25) is 0 Å². The van der Waals surface area contributed by atoms with E-state index in [2.05, 4.69) is 43.2 Å². The molecule has 0 saturated carbocycles. The molecule has 0 aliphatic carbocycles. The molecule has 2 heterocycles. The van der Waals surface area contributed by atoms with Crippen LogP contribution in [0.3, 0.4) is 0 Å². The summed E-state index contributed by atoms with van der Waals surface area (Å²) >= 11 is 0. The second-order valence-corrected chi connectivity index (χ2v) is 9.40. The second kappa shape index (κ2) is 7.62. The summed E-state index contributed by atoms with van der Waals surface area (Å²) in [7, 11) is 4.06. The zero-order valence-electron chi connectivity index (χ0n) is 16.8. The van der Waals surface area contributed by atoms with Crippen LogP contribution in [0.4, 0.5) is 0 Å². The van der Waals surface area contributed by atoms with Crippen molar-refractivity contribution in [2.45, 2.75) is 70.5 Å². The van der Waals surface area contributed by atoms with Crippen LogP contribution in [-0.4, -0.2) is 72.5 Å². The molecule has 2 amide bonds. The summed E-state index contributed by atoms with van der Waals surface area (Å²) < 4.78 is 0. The Kier molecular flexibility index (Phi) is 6.15. The number of nitrogens with zero attached hydrogens (tertiary/aromatic N) is 2. The zero-order valence-corrected chi connectivity index (χ0v) is 16.8. The standard InChI is InChI=1S/C19H36N4O2/c1-18(2)11-15(12-19(3,4)21-18)20-17(25)14-10-16(24)23(13-14)9-7-8-22(5)6/h14-15,21H,7-13H2,1-6H3,(H,20,25). The molecule has 1 atom stereocenters. The van der Waals surface area contributed by atoms with Crippen molar-refractivity contribution in [3.63, 3.8) is 0 Å². The van der Waals surface area contributed by atoms with E-state index in [9.17, 15) is 9.59 Å². The summed E-state index contributed by atoms with van der Waals surface area (Å²) in [4.78, 5) is 28.8. The fourth-order valence-electron chi connectivity index (χ4n) is 4.49. The molecule has 1 unspecified atom stereocenters. The number of hydrogen-bond acceptors (Lipinski definition) is 4. The van der Waals surface area contributed by atoms with E-state index in [4.69, 9.17) is 0 Å². The van der Waals surface area contributed by atoms with Gasteiger partial charge in [-0.15, -0.1) is 0 Å². The Balaban J connectivity index is 1.86. The van der Waals surface area contributed by atoms with Gasteiger partial charge >= 0.3 is 0 Å². The molecule has 6 nitrogen and oxygen atoms in total. The van der Waals surface area contributed by atoms with Crippen LogP contribution in [0.15, 0.2) is 0 Å².